The highest BCUT2D eigenvalue weighted by Crippen LogP contribution is 2.35. The van der Waals surface area contributed by atoms with Gasteiger partial charge in [0.15, 0.2) is 5.78 Å². The van der Waals surface area contributed by atoms with Crippen molar-refractivity contribution in [2.24, 2.45) is 5.92 Å². The SMILES string of the molecule is COc1c(C(=O)C2CC3CCCCC3N2)ccc(C)c1C. The van der Waals surface area contributed by atoms with Crippen molar-refractivity contribution in [3.05, 3.63) is 28.8 Å². The van der Waals surface area contributed by atoms with Gasteiger partial charge in [-0.25, -0.2) is 0 Å². The van der Waals surface area contributed by atoms with E-state index >= 15 is 0 Å². The van der Waals surface area contributed by atoms with Crippen LogP contribution in [0.5, 0.6) is 5.75 Å². The van der Waals surface area contributed by atoms with Crippen molar-refractivity contribution in [3.63, 3.8) is 0 Å². The van der Waals surface area contributed by atoms with Crippen molar-refractivity contribution in [1.82, 2.24) is 5.32 Å². The first-order valence-corrected chi connectivity index (χ1v) is 8.06. The molecule has 1 aliphatic heterocycles. The number of fused-ring (bicyclic) bond motifs is 1. The van der Waals surface area contributed by atoms with Crippen molar-refractivity contribution in [2.45, 2.75) is 58.0 Å². The van der Waals surface area contributed by atoms with E-state index in [1.165, 1.54) is 25.7 Å². The van der Waals surface area contributed by atoms with Crippen LogP contribution in [-0.4, -0.2) is 25.0 Å². The molecule has 114 valence electrons. The van der Waals surface area contributed by atoms with Gasteiger partial charge in [0, 0.05) is 6.04 Å². The van der Waals surface area contributed by atoms with Crippen molar-refractivity contribution < 1.29 is 9.53 Å². The minimum Gasteiger partial charge on any atom is -0.496 e. The molecule has 2 aliphatic rings. The normalized spacial score (nSPS) is 28.2. The number of nitrogens with one attached hydrogen (secondary N) is 1. The lowest BCUT2D eigenvalue weighted by atomic mass is 9.84. The standard InChI is InChI=1S/C18H25NO2/c1-11-8-9-14(18(21-3)12(11)2)17(20)16-10-13-6-4-5-7-15(13)19-16/h8-9,13,15-16,19H,4-7,10H2,1-3H3. The molecule has 3 rings (SSSR count). The molecule has 1 N–H and O–H groups in total. The Morgan fingerprint density at radius 1 is 1.24 bits per heavy atom. The monoisotopic (exact) mass is 287 g/mol. The molecule has 0 spiro atoms. The van der Waals surface area contributed by atoms with Crippen molar-refractivity contribution in [3.8, 4) is 5.75 Å². The second-order valence-corrected chi connectivity index (χ2v) is 6.56. The molecule has 3 nitrogen and oxygen atoms in total. The fourth-order valence-corrected chi connectivity index (χ4v) is 3.96. The van der Waals surface area contributed by atoms with E-state index in [2.05, 4.69) is 12.2 Å². The molecule has 3 atom stereocenters. The summed E-state index contributed by atoms with van der Waals surface area (Å²) in [6.07, 6.45) is 6.09. The van der Waals surface area contributed by atoms with Crippen LogP contribution in [0.4, 0.5) is 0 Å². The summed E-state index contributed by atoms with van der Waals surface area (Å²) in [7, 11) is 1.65. The number of benzene rings is 1. The predicted octanol–water partition coefficient (Wildman–Crippen LogP) is 3.42. The smallest absolute Gasteiger partial charge is 0.183 e. The molecule has 1 aromatic carbocycles. The van der Waals surface area contributed by atoms with Crippen LogP contribution >= 0.6 is 0 Å². The summed E-state index contributed by atoms with van der Waals surface area (Å²) in [5, 5.41) is 3.57. The Balaban J connectivity index is 1.84. The second kappa shape index (κ2) is 5.80. The highest BCUT2D eigenvalue weighted by Gasteiger charge is 2.39. The first kappa shape index (κ1) is 14.6. The Hall–Kier alpha value is -1.35. The fourth-order valence-electron chi connectivity index (χ4n) is 3.96. The first-order valence-electron chi connectivity index (χ1n) is 8.06. The van der Waals surface area contributed by atoms with Crippen LogP contribution < -0.4 is 10.1 Å². The van der Waals surface area contributed by atoms with Crippen LogP contribution in [0.1, 0.15) is 53.6 Å². The van der Waals surface area contributed by atoms with Gasteiger partial charge in [-0.2, -0.15) is 0 Å². The molecular weight excluding hydrogens is 262 g/mol. The van der Waals surface area contributed by atoms with Gasteiger partial charge >= 0.3 is 0 Å². The van der Waals surface area contributed by atoms with Crippen LogP contribution in [-0.2, 0) is 0 Å². The minimum absolute atomic E-state index is 0.0332. The molecular formula is C18H25NO2. The number of carbonyl (C=O) groups is 1. The van der Waals surface area contributed by atoms with Crippen molar-refractivity contribution in [1.29, 1.82) is 0 Å². The molecule has 1 saturated carbocycles. The zero-order valence-corrected chi connectivity index (χ0v) is 13.2. The van der Waals surface area contributed by atoms with Gasteiger partial charge in [0.2, 0.25) is 0 Å². The van der Waals surface area contributed by atoms with Gasteiger partial charge < -0.3 is 10.1 Å². The quantitative estimate of drug-likeness (QED) is 0.866. The van der Waals surface area contributed by atoms with Gasteiger partial charge in [0.1, 0.15) is 5.75 Å². The van der Waals surface area contributed by atoms with E-state index in [1.54, 1.807) is 7.11 Å². The molecule has 3 unspecified atom stereocenters. The molecule has 0 amide bonds. The zero-order chi connectivity index (χ0) is 15.0. The lowest BCUT2D eigenvalue weighted by Gasteiger charge is -2.24. The third kappa shape index (κ3) is 2.59. The Kier molecular flexibility index (Phi) is 4.03. The average molecular weight is 287 g/mol. The van der Waals surface area contributed by atoms with Crippen molar-refractivity contribution in [2.75, 3.05) is 7.11 Å². The average Bonchev–Trinajstić information content (AvgIpc) is 2.93. The molecule has 21 heavy (non-hydrogen) atoms. The fraction of sp³-hybridized carbons (Fsp3) is 0.611. The van der Waals surface area contributed by atoms with Gasteiger partial charge in [-0.15, -0.1) is 0 Å². The summed E-state index contributed by atoms with van der Waals surface area (Å²) < 4.78 is 5.51. The van der Waals surface area contributed by atoms with Crippen LogP contribution in [0.15, 0.2) is 12.1 Å². The number of methoxy groups -OCH3 is 1. The Morgan fingerprint density at radius 2 is 2.00 bits per heavy atom. The molecule has 1 saturated heterocycles. The van der Waals surface area contributed by atoms with E-state index in [0.717, 1.165) is 28.9 Å². The highest BCUT2D eigenvalue weighted by molar-refractivity contribution is 6.03. The molecule has 2 fully saturated rings. The topological polar surface area (TPSA) is 38.3 Å². The van der Waals surface area contributed by atoms with Crippen molar-refractivity contribution >= 4 is 5.78 Å². The number of ketones is 1. The summed E-state index contributed by atoms with van der Waals surface area (Å²) in [5.74, 6) is 1.63. The number of Topliss-reactive ketones (excluding diaryl/α,β-unsaturated/α-hetero) is 1. The summed E-state index contributed by atoms with van der Waals surface area (Å²) in [4.78, 5) is 12.9. The van der Waals surface area contributed by atoms with Crippen LogP contribution in [0.3, 0.4) is 0 Å². The molecule has 0 bridgehead atoms. The Morgan fingerprint density at radius 3 is 2.71 bits per heavy atom. The van der Waals surface area contributed by atoms with E-state index < -0.39 is 0 Å². The first-order chi connectivity index (χ1) is 10.1. The minimum atomic E-state index is -0.0332. The third-order valence-corrected chi connectivity index (χ3v) is 5.33. The summed E-state index contributed by atoms with van der Waals surface area (Å²) >= 11 is 0. The maximum atomic E-state index is 12.9. The summed E-state index contributed by atoms with van der Waals surface area (Å²) in [6.45, 7) is 4.07. The summed E-state index contributed by atoms with van der Waals surface area (Å²) in [5.41, 5.74) is 2.96. The lowest BCUT2D eigenvalue weighted by molar-refractivity contribution is 0.0946. The van der Waals surface area contributed by atoms with Crippen LogP contribution in [0, 0.1) is 19.8 Å². The van der Waals surface area contributed by atoms with E-state index in [4.69, 9.17) is 4.74 Å². The van der Waals surface area contributed by atoms with Crippen LogP contribution in [0.2, 0.25) is 0 Å². The zero-order valence-electron chi connectivity index (χ0n) is 13.2. The molecule has 0 radical (unpaired) electrons. The number of hydrogen-bond donors (Lipinski definition) is 1. The number of carbonyl (C=O) groups excluding carboxylic acids is 1. The number of ether oxygens (including phenoxy) is 1. The Labute approximate surface area is 127 Å². The molecule has 1 aliphatic carbocycles. The maximum Gasteiger partial charge on any atom is 0.183 e. The predicted molar refractivity (Wildman–Crippen MR) is 84.1 cm³/mol. The maximum absolute atomic E-state index is 12.9. The number of rotatable bonds is 3. The largest absolute Gasteiger partial charge is 0.496 e. The van der Waals surface area contributed by atoms with E-state index in [-0.39, 0.29) is 11.8 Å². The van der Waals surface area contributed by atoms with Gasteiger partial charge in [0.25, 0.3) is 0 Å². The van der Waals surface area contributed by atoms with Gasteiger partial charge in [-0.05, 0) is 56.2 Å². The van der Waals surface area contributed by atoms with Crippen LogP contribution in [0.25, 0.3) is 0 Å². The van der Waals surface area contributed by atoms with E-state index in [1.807, 2.05) is 19.1 Å². The van der Waals surface area contributed by atoms with E-state index in [9.17, 15) is 4.79 Å². The van der Waals surface area contributed by atoms with E-state index in [0.29, 0.717) is 12.0 Å². The van der Waals surface area contributed by atoms with Gasteiger partial charge in [-0.3, -0.25) is 4.79 Å². The van der Waals surface area contributed by atoms with Gasteiger partial charge in [-0.1, -0.05) is 18.9 Å². The molecule has 1 heterocycles. The third-order valence-electron chi connectivity index (χ3n) is 5.33. The van der Waals surface area contributed by atoms with Gasteiger partial charge in [0.05, 0.1) is 18.7 Å². The Bertz CT molecular complexity index is 538. The number of aryl methyl sites for hydroxylation is 1. The highest BCUT2D eigenvalue weighted by atomic mass is 16.5. The molecule has 3 heteroatoms. The molecule has 0 aromatic heterocycles. The lowest BCUT2D eigenvalue weighted by Crippen LogP contribution is -2.37. The second-order valence-electron chi connectivity index (χ2n) is 6.56. The summed E-state index contributed by atoms with van der Waals surface area (Å²) in [6, 6.07) is 4.46. The number of hydrogen-bond acceptors (Lipinski definition) is 3. The molecule has 1 aromatic rings.